The summed E-state index contributed by atoms with van der Waals surface area (Å²) in [6.07, 6.45) is 4.82. The van der Waals surface area contributed by atoms with E-state index < -0.39 is 0 Å². The molecule has 1 N–H and O–H groups in total. The summed E-state index contributed by atoms with van der Waals surface area (Å²) in [5.41, 5.74) is 1.22. The van der Waals surface area contributed by atoms with E-state index in [4.69, 9.17) is 4.74 Å². The number of likely N-dealkylation sites (tertiary alicyclic amines) is 1. The van der Waals surface area contributed by atoms with Crippen molar-refractivity contribution < 1.29 is 9.53 Å². The van der Waals surface area contributed by atoms with Crippen LogP contribution in [0.5, 0.6) is 0 Å². The lowest BCUT2D eigenvalue weighted by Gasteiger charge is -2.40. The highest BCUT2D eigenvalue weighted by Crippen LogP contribution is 2.30. The third-order valence-corrected chi connectivity index (χ3v) is 4.87. The van der Waals surface area contributed by atoms with Crippen molar-refractivity contribution in [3.63, 3.8) is 0 Å². The maximum Gasteiger partial charge on any atom is 0.222 e. The van der Waals surface area contributed by atoms with Gasteiger partial charge in [-0.2, -0.15) is 0 Å². The van der Waals surface area contributed by atoms with E-state index in [9.17, 15) is 4.79 Å². The highest BCUT2D eigenvalue weighted by molar-refractivity contribution is 5.77. The SMILES string of the molecule is O=C1CC2(CCN(CCCc3ccccc3)CC2)OCCN1. The van der Waals surface area contributed by atoms with Crippen LogP contribution in [0.2, 0.25) is 0 Å². The standard InChI is InChI=1S/C18H26N2O2/c21-17-15-18(22-14-10-19-17)8-12-20(13-9-18)11-4-7-16-5-2-1-3-6-16/h1-3,5-6H,4,7-15H2,(H,19,21). The van der Waals surface area contributed by atoms with Gasteiger partial charge in [-0.1, -0.05) is 30.3 Å². The van der Waals surface area contributed by atoms with E-state index >= 15 is 0 Å². The Bertz CT molecular complexity index is 481. The van der Waals surface area contributed by atoms with Crippen molar-refractivity contribution in [3.8, 4) is 0 Å². The van der Waals surface area contributed by atoms with Crippen LogP contribution in [0.3, 0.4) is 0 Å². The van der Waals surface area contributed by atoms with E-state index in [0.29, 0.717) is 19.6 Å². The minimum atomic E-state index is -0.198. The van der Waals surface area contributed by atoms with Gasteiger partial charge in [0.2, 0.25) is 5.91 Å². The molecule has 2 aliphatic rings. The Balaban J connectivity index is 1.42. The molecule has 1 spiro atoms. The number of hydrogen-bond donors (Lipinski definition) is 1. The van der Waals surface area contributed by atoms with Gasteiger partial charge in [0.05, 0.1) is 18.6 Å². The molecule has 0 bridgehead atoms. The van der Waals surface area contributed by atoms with E-state index in [1.807, 2.05) is 0 Å². The molecule has 2 heterocycles. The first-order valence-corrected chi connectivity index (χ1v) is 8.43. The molecule has 0 radical (unpaired) electrons. The third kappa shape index (κ3) is 4.08. The minimum absolute atomic E-state index is 0.148. The van der Waals surface area contributed by atoms with E-state index in [-0.39, 0.29) is 11.5 Å². The van der Waals surface area contributed by atoms with Crippen molar-refractivity contribution in [2.45, 2.75) is 37.7 Å². The first-order chi connectivity index (χ1) is 10.8. The van der Waals surface area contributed by atoms with Crippen LogP contribution in [0, 0.1) is 0 Å². The Labute approximate surface area is 132 Å². The second-order valence-electron chi connectivity index (χ2n) is 6.49. The summed E-state index contributed by atoms with van der Waals surface area (Å²) in [6.45, 7) is 4.53. The first-order valence-electron chi connectivity index (χ1n) is 8.43. The van der Waals surface area contributed by atoms with Gasteiger partial charge in [0, 0.05) is 19.6 Å². The van der Waals surface area contributed by atoms with Crippen molar-refractivity contribution in [2.24, 2.45) is 0 Å². The maximum atomic E-state index is 11.8. The summed E-state index contributed by atoms with van der Waals surface area (Å²) < 4.78 is 6.01. The average molecular weight is 302 g/mol. The fourth-order valence-corrected chi connectivity index (χ4v) is 3.52. The summed E-state index contributed by atoms with van der Waals surface area (Å²) in [5.74, 6) is 0.148. The number of nitrogens with zero attached hydrogens (tertiary/aromatic N) is 1. The molecular formula is C18H26N2O2. The largest absolute Gasteiger partial charge is 0.373 e. The monoisotopic (exact) mass is 302 g/mol. The number of piperidine rings is 1. The van der Waals surface area contributed by atoms with Crippen LogP contribution in [-0.2, 0) is 16.0 Å². The number of benzene rings is 1. The van der Waals surface area contributed by atoms with Crippen LogP contribution in [-0.4, -0.2) is 49.2 Å². The van der Waals surface area contributed by atoms with Crippen LogP contribution < -0.4 is 5.32 Å². The average Bonchev–Trinajstić information content (AvgIpc) is 2.72. The van der Waals surface area contributed by atoms with Gasteiger partial charge >= 0.3 is 0 Å². The van der Waals surface area contributed by atoms with Crippen LogP contribution in [0.15, 0.2) is 30.3 Å². The van der Waals surface area contributed by atoms with Gasteiger partial charge in [-0.25, -0.2) is 0 Å². The molecule has 1 amide bonds. The van der Waals surface area contributed by atoms with Crippen LogP contribution in [0.25, 0.3) is 0 Å². The van der Waals surface area contributed by atoms with Crippen molar-refractivity contribution >= 4 is 5.91 Å². The lowest BCUT2D eigenvalue weighted by atomic mass is 9.87. The summed E-state index contributed by atoms with van der Waals surface area (Å²) >= 11 is 0. The molecule has 2 aliphatic heterocycles. The zero-order chi connectivity index (χ0) is 15.3. The third-order valence-electron chi connectivity index (χ3n) is 4.87. The number of amides is 1. The smallest absolute Gasteiger partial charge is 0.222 e. The molecule has 1 aromatic carbocycles. The zero-order valence-electron chi connectivity index (χ0n) is 13.2. The van der Waals surface area contributed by atoms with Gasteiger partial charge in [-0.15, -0.1) is 0 Å². The molecule has 4 nitrogen and oxygen atoms in total. The van der Waals surface area contributed by atoms with Gasteiger partial charge in [0.1, 0.15) is 0 Å². The quantitative estimate of drug-likeness (QED) is 0.925. The van der Waals surface area contributed by atoms with Crippen molar-refractivity contribution in [1.82, 2.24) is 10.2 Å². The number of nitrogens with one attached hydrogen (secondary N) is 1. The van der Waals surface area contributed by atoms with E-state index in [0.717, 1.165) is 38.9 Å². The number of rotatable bonds is 4. The second kappa shape index (κ2) is 7.25. The highest BCUT2D eigenvalue weighted by atomic mass is 16.5. The Morgan fingerprint density at radius 2 is 1.95 bits per heavy atom. The number of carbonyl (C=O) groups is 1. The van der Waals surface area contributed by atoms with E-state index in [1.165, 1.54) is 12.0 Å². The lowest BCUT2D eigenvalue weighted by Crippen LogP contribution is -2.47. The van der Waals surface area contributed by atoms with Gasteiger partial charge in [-0.05, 0) is 37.8 Å². The fourth-order valence-electron chi connectivity index (χ4n) is 3.52. The predicted molar refractivity (Wildman–Crippen MR) is 86.7 cm³/mol. The van der Waals surface area contributed by atoms with E-state index in [2.05, 4.69) is 40.5 Å². The lowest BCUT2D eigenvalue weighted by molar-refractivity contribution is -0.128. The molecule has 2 fully saturated rings. The van der Waals surface area contributed by atoms with Crippen molar-refractivity contribution in [3.05, 3.63) is 35.9 Å². The van der Waals surface area contributed by atoms with Crippen molar-refractivity contribution in [2.75, 3.05) is 32.8 Å². The molecule has 0 saturated carbocycles. The molecule has 0 aromatic heterocycles. The first kappa shape index (κ1) is 15.5. The molecule has 120 valence electrons. The van der Waals surface area contributed by atoms with Crippen LogP contribution in [0.4, 0.5) is 0 Å². The van der Waals surface area contributed by atoms with Gasteiger partial charge in [0.25, 0.3) is 0 Å². The molecule has 22 heavy (non-hydrogen) atoms. The molecule has 0 unspecified atom stereocenters. The van der Waals surface area contributed by atoms with Crippen LogP contribution in [0.1, 0.15) is 31.2 Å². The van der Waals surface area contributed by atoms with E-state index in [1.54, 1.807) is 0 Å². The Hall–Kier alpha value is -1.39. The summed E-state index contributed by atoms with van der Waals surface area (Å²) in [4.78, 5) is 14.3. The van der Waals surface area contributed by atoms with Gasteiger partial charge in [0.15, 0.2) is 0 Å². The highest BCUT2D eigenvalue weighted by Gasteiger charge is 2.38. The Morgan fingerprint density at radius 3 is 2.73 bits per heavy atom. The number of hydrogen-bond acceptors (Lipinski definition) is 3. The number of aryl methyl sites for hydroxylation is 1. The molecule has 4 heteroatoms. The minimum Gasteiger partial charge on any atom is -0.373 e. The predicted octanol–water partition coefficient (Wildman–Crippen LogP) is 1.99. The molecular weight excluding hydrogens is 276 g/mol. The summed E-state index contributed by atoms with van der Waals surface area (Å²) in [7, 11) is 0. The van der Waals surface area contributed by atoms with Crippen LogP contribution >= 0.6 is 0 Å². The molecule has 3 rings (SSSR count). The topological polar surface area (TPSA) is 41.6 Å². The Kier molecular flexibility index (Phi) is 5.11. The van der Waals surface area contributed by atoms with Gasteiger partial charge in [-0.3, -0.25) is 4.79 Å². The molecule has 1 aromatic rings. The van der Waals surface area contributed by atoms with Crippen molar-refractivity contribution in [1.29, 1.82) is 0 Å². The Morgan fingerprint density at radius 1 is 1.18 bits per heavy atom. The maximum absolute atomic E-state index is 11.8. The molecule has 2 saturated heterocycles. The second-order valence-corrected chi connectivity index (χ2v) is 6.49. The zero-order valence-corrected chi connectivity index (χ0v) is 13.2. The normalized spacial score (nSPS) is 22.3. The fraction of sp³-hybridized carbons (Fsp3) is 0.611. The number of carbonyl (C=O) groups excluding carboxylic acids is 1. The molecule has 0 atom stereocenters. The number of ether oxygens (including phenoxy) is 1. The summed E-state index contributed by atoms with van der Waals surface area (Å²) in [6, 6.07) is 10.7. The summed E-state index contributed by atoms with van der Waals surface area (Å²) in [5, 5.41) is 2.90. The van der Waals surface area contributed by atoms with Gasteiger partial charge < -0.3 is 15.0 Å². The molecule has 0 aliphatic carbocycles.